The van der Waals surface area contributed by atoms with Crippen LogP contribution in [0.4, 0.5) is 38.9 Å². The van der Waals surface area contributed by atoms with E-state index in [0.717, 1.165) is 12.1 Å². The van der Waals surface area contributed by atoms with Gasteiger partial charge in [0.1, 0.15) is 5.02 Å². The molecule has 12 heteroatoms. The van der Waals surface area contributed by atoms with Crippen molar-refractivity contribution >= 4 is 46.1 Å². The van der Waals surface area contributed by atoms with E-state index in [9.17, 15) is 24.6 Å². The van der Waals surface area contributed by atoms with Crippen LogP contribution in [-0.4, -0.2) is 19.8 Å². The summed E-state index contributed by atoms with van der Waals surface area (Å²) in [5.74, 6) is -0.796. The van der Waals surface area contributed by atoms with Crippen LogP contribution in [-0.2, 0) is 0 Å². The van der Waals surface area contributed by atoms with Crippen molar-refractivity contribution in [3.63, 3.8) is 0 Å². The number of rotatable bonds is 6. The first-order valence-corrected chi connectivity index (χ1v) is 7.96. The molecule has 0 saturated carbocycles. The molecule has 0 amide bonds. The van der Waals surface area contributed by atoms with Gasteiger partial charge in [0.2, 0.25) is 11.8 Å². The Hall–Kier alpha value is -3.86. The Labute approximate surface area is 161 Å². The van der Waals surface area contributed by atoms with Crippen molar-refractivity contribution in [1.82, 2.24) is 9.97 Å². The zero-order valence-electron chi connectivity index (χ0n) is 13.8. The molecule has 0 saturated heterocycles. The molecule has 3 aromatic rings. The molecule has 1 aromatic heterocycles. The van der Waals surface area contributed by atoms with Crippen LogP contribution >= 0.6 is 11.6 Å². The fraction of sp³-hybridized carbons (Fsp3) is 0. The van der Waals surface area contributed by atoms with Gasteiger partial charge in [0, 0.05) is 29.6 Å². The second kappa shape index (κ2) is 7.80. The molecule has 2 N–H and O–H groups in total. The van der Waals surface area contributed by atoms with Crippen molar-refractivity contribution in [2.24, 2.45) is 0 Å². The Balaban J connectivity index is 1.86. The van der Waals surface area contributed by atoms with E-state index in [4.69, 9.17) is 11.6 Å². The molecule has 10 nitrogen and oxygen atoms in total. The van der Waals surface area contributed by atoms with Gasteiger partial charge in [-0.3, -0.25) is 20.2 Å². The van der Waals surface area contributed by atoms with E-state index in [0.29, 0.717) is 5.69 Å². The van der Waals surface area contributed by atoms with Crippen LogP contribution in [0.1, 0.15) is 0 Å². The van der Waals surface area contributed by atoms with Crippen molar-refractivity contribution in [2.45, 2.75) is 0 Å². The monoisotopic (exact) mass is 404 g/mol. The maximum absolute atomic E-state index is 13.4. The van der Waals surface area contributed by atoms with Gasteiger partial charge in [-0.2, -0.15) is 9.37 Å². The minimum atomic E-state index is -0.972. The Morgan fingerprint density at radius 2 is 1.75 bits per heavy atom. The minimum absolute atomic E-state index is 0.0261. The molecule has 0 bridgehead atoms. The third kappa shape index (κ3) is 4.27. The highest BCUT2D eigenvalue weighted by Crippen LogP contribution is 2.28. The normalized spacial score (nSPS) is 10.4. The summed E-state index contributed by atoms with van der Waals surface area (Å²) < 4.78 is 13.4. The Morgan fingerprint density at radius 1 is 1.00 bits per heavy atom. The van der Waals surface area contributed by atoms with E-state index in [1.54, 1.807) is 6.07 Å². The van der Waals surface area contributed by atoms with E-state index < -0.39 is 21.4 Å². The number of anilines is 4. The molecule has 1 heterocycles. The molecular formula is C16H10ClFN6O4. The summed E-state index contributed by atoms with van der Waals surface area (Å²) in [4.78, 5) is 28.4. The number of nitrogens with zero attached hydrogens (tertiary/aromatic N) is 4. The molecule has 0 unspecified atom stereocenters. The summed E-state index contributed by atoms with van der Waals surface area (Å²) in [5, 5.41) is 27.4. The topological polar surface area (TPSA) is 136 Å². The first kappa shape index (κ1) is 18.9. The third-order valence-corrected chi connectivity index (χ3v) is 3.74. The Kier molecular flexibility index (Phi) is 5.27. The van der Waals surface area contributed by atoms with Crippen molar-refractivity contribution in [1.29, 1.82) is 0 Å². The maximum atomic E-state index is 13.4. The van der Waals surface area contributed by atoms with E-state index in [1.165, 1.54) is 30.5 Å². The van der Waals surface area contributed by atoms with Crippen molar-refractivity contribution in [3.05, 3.63) is 79.7 Å². The van der Waals surface area contributed by atoms with E-state index >= 15 is 0 Å². The molecule has 28 heavy (non-hydrogen) atoms. The first-order chi connectivity index (χ1) is 13.3. The number of hydrogen-bond acceptors (Lipinski definition) is 8. The van der Waals surface area contributed by atoms with Gasteiger partial charge in [0.25, 0.3) is 5.69 Å². The van der Waals surface area contributed by atoms with Crippen LogP contribution < -0.4 is 10.6 Å². The molecule has 2 aromatic carbocycles. The number of hydrogen-bond donors (Lipinski definition) is 2. The van der Waals surface area contributed by atoms with Crippen LogP contribution in [0.5, 0.6) is 0 Å². The highest BCUT2D eigenvalue weighted by molar-refractivity contribution is 6.32. The molecule has 0 aliphatic rings. The minimum Gasteiger partial charge on any atom is -0.339 e. The Morgan fingerprint density at radius 3 is 2.46 bits per heavy atom. The lowest BCUT2D eigenvalue weighted by atomic mass is 10.2. The molecule has 0 atom stereocenters. The highest BCUT2D eigenvalue weighted by atomic mass is 35.5. The molecule has 0 fully saturated rings. The second-order valence-corrected chi connectivity index (χ2v) is 5.78. The summed E-state index contributed by atoms with van der Waals surface area (Å²) >= 11 is 6.05. The van der Waals surface area contributed by atoms with Gasteiger partial charge >= 0.3 is 5.69 Å². The number of nitrogens with one attached hydrogen (secondary N) is 2. The van der Waals surface area contributed by atoms with Crippen molar-refractivity contribution in [2.75, 3.05) is 10.6 Å². The number of non-ortho nitro benzene ring substituents is 1. The lowest BCUT2D eigenvalue weighted by Gasteiger charge is -2.10. The lowest BCUT2D eigenvalue weighted by Crippen LogP contribution is -2.02. The SMILES string of the molecule is O=[N+]([O-])c1cccc(Nc2nc(Nc3ccc(F)c([N+](=O)[O-])c3)ncc2Cl)c1. The van der Waals surface area contributed by atoms with Crippen LogP contribution in [0.25, 0.3) is 0 Å². The van der Waals surface area contributed by atoms with E-state index in [-0.39, 0.29) is 28.2 Å². The predicted octanol–water partition coefficient (Wildman–Crippen LogP) is 4.57. The largest absolute Gasteiger partial charge is 0.339 e. The summed E-state index contributed by atoms with van der Waals surface area (Å²) in [6, 6.07) is 8.94. The number of nitro benzene ring substituents is 2. The predicted molar refractivity (Wildman–Crippen MR) is 99.8 cm³/mol. The molecule has 0 aliphatic carbocycles. The molecule has 0 radical (unpaired) electrons. The summed E-state index contributed by atoms with van der Waals surface area (Å²) in [6.45, 7) is 0. The zero-order chi connectivity index (χ0) is 20.3. The quantitative estimate of drug-likeness (QED) is 0.450. The molecule has 142 valence electrons. The van der Waals surface area contributed by atoms with Gasteiger partial charge in [-0.25, -0.2) is 4.98 Å². The number of halogens is 2. The highest BCUT2D eigenvalue weighted by Gasteiger charge is 2.15. The summed E-state index contributed by atoms with van der Waals surface area (Å²) in [5.41, 5.74) is -0.254. The van der Waals surface area contributed by atoms with Gasteiger partial charge in [0.15, 0.2) is 5.82 Å². The van der Waals surface area contributed by atoms with E-state index in [2.05, 4.69) is 20.6 Å². The maximum Gasteiger partial charge on any atom is 0.306 e. The number of benzene rings is 2. The summed E-state index contributed by atoms with van der Waals surface area (Å²) in [7, 11) is 0. The van der Waals surface area contributed by atoms with Gasteiger partial charge in [-0.05, 0) is 18.2 Å². The van der Waals surface area contributed by atoms with Crippen LogP contribution in [0, 0.1) is 26.0 Å². The smallest absolute Gasteiger partial charge is 0.306 e. The van der Waals surface area contributed by atoms with Gasteiger partial charge in [-0.1, -0.05) is 17.7 Å². The van der Waals surface area contributed by atoms with Crippen molar-refractivity contribution < 1.29 is 14.2 Å². The van der Waals surface area contributed by atoms with Gasteiger partial charge in [-0.15, -0.1) is 0 Å². The van der Waals surface area contributed by atoms with Crippen LogP contribution in [0.2, 0.25) is 5.02 Å². The lowest BCUT2D eigenvalue weighted by molar-refractivity contribution is -0.387. The van der Waals surface area contributed by atoms with Crippen LogP contribution in [0.3, 0.4) is 0 Å². The van der Waals surface area contributed by atoms with Crippen molar-refractivity contribution in [3.8, 4) is 0 Å². The Bertz CT molecular complexity index is 1080. The average Bonchev–Trinajstić information content (AvgIpc) is 2.66. The first-order valence-electron chi connectivity index (χ1n) is 7.58. The fourth-order valence-corrected chi connectivity index (χ4v) is 2.35. The van der Waals surface area contributed by atoms with Gasteiger partial charge < -0.3 is 10.6 Å². The molecule has 0 spiro atoms. The summed E-state index contributed by atoms with van der Waals surface area (Å²) in [6.07, 6.45) is 1.27. The third-order valence-electron chi connectivity index (χ3n) is 3.46. The van der Waals surface area contributed by atoms with Crippen LogP contribution in [0.15, 0.2) is 48.7 Å². The number of nitro groups is 2. The van der Waals surface area contributed by atoms with Gasteiger partial charge in [0.05, 0.1) is 16.0 Å². The molecular weight excluding hydrogens is 395 g/mol. The molecule has 0 aliphatic heterocycles. The molecule has 3 rings (SSSR count). The average molecular weight is 405 g/mol. The second-order valence-electron chi connectivity index (χ2n) is 5.37. The fourth-order valence-electron chi connectivity index (χ4n) is 2.21. The number of aromatic nitrogens is 2. The standard InChI is InChI=1S/C16H10ClFN6O4/c17-12-8-19-16(21-10-4-5-13(18)14(7-10)24(27)28)22-15(12)20-9-2-1-3-11(6-9)23(25)26/h1-8H,(H2,19,20,21,22). The zero-order valence-corrected chi connectivity index (χ0v) is 14.6. The van der Waals surface area contributed by atoms with E-state index in [1.807, 2.05) is 0 Å².